The first-order valence-electron chi connectivity index (χ1n) is 5.25. The molecule has 0 aliphatic heterocycles. The molecule has 0 aromatic heterocycles. The SMILES string of the molecule is CC(NS(=O)(=O)c1ccc(Cl)cc1)C(C)C(=O)O. The minimum absolute atomic E-state index is 0.0522. The van der Waals surface area contributed by atoms with Crippen molar-refractivity contribution >= 4 is 27.6 Å². The molecule has 0 spiro atoms. The van der Waals surface area contributed by atoms with E-state index in [9.17, 15) is 13.2 Å². The highest BCUT2D eigenvalue weighted by atomic mass is 35.5. The summed E-state index contributed by atoms with van der Waals surface area (Å²) < 4.78 is 26.2. The van der Waals surface area contributed by atoms with Crippen molar-refractivity contribution in [2.45, 2.75) is 24.8 Å². The van der Waals surface area contributed by atoms with Crippen LogP contribution in [0.15, 0.2) is 29.2 Å². The van der Waals surface area contributed by atoms with Gasteiger partial charge < -0.3 is 5.11 Å². The molecule has 100 valence electrons. The Labute approximate surface area is 111 Å². The molecule has 2 atom stereocenters. The predicted molar refractivity (Wildman–Crippen MR) is 68.0 cm³/mol. The number of carboxylic acids is 1. The van der Waals surface area contributed by atoms with E-state index in [-0.39, 0.29) is 4.90 Å². The number of carbonyl (C=O) groups is 1. The maximum atomic E-state index is 11.9. The van der Waals surface area contributed by atoms with E-state index in [1.807, 2.05) is 0 Å². The summed E-state index contributed by atoms with van der Waals surface area (Å²) in [5.74, 6) is -1.87. The summed E-state index contributed by atoms with van der Waals surface area (Å²) in [6, 6.07) is 4.94. The number of carboxylic acid groups (broad SMARTS) is 1. The van der Waals surface area contributed by atoms with Crippen LogP contribution in [0.5, 0.6) is 0 Å². The third-order valence-corrected chi connectivity index (χ3v) is 4.43. The number of aliphatic carboxylic acids is 1. The van der Waals surface area contributed by atoms with Crippen LogP contribution in [0.3, 0.4) is 0 Å². The molecule has 0 aliphatic rings. The van der Waals surface area contributed by atoms with E-state index >= 15 is 0 Å². The van der Waals surface area contributed by atoms with Crippen molar-refractivity contribution in [1.29, 1.82) is 0 Å². The van der Waals surface area contributed by atoms with E-state index in [1.54, 1.807) is 0 Å². The molecule has 0 bridgehead atoms. The summed E-state index contributed by atoms with van der Waals surface area (Å²) in [6.45, 7) is 2.95. The van der Waals surface area contributed by atoms with E-state index in [1.165, 1.54) is 38.1 Å². The zero-order valence-corrected chi connectivity index (χ0v) is 11.5. The Hall–Kier alpha value is -1.11. The Morgan fingerprint density at radius 1 is 1.28 bits per heavy atom. The highest BCUT2D eigenvalue weighted by Gasteiger charge is 2.25. The zero-order valence-electron chi connectivity index (χ0n) is 9.92. The minimum Gasteiger partial charge on any atom is -0.481 e. The number of nitrogens with one attached hydrogen (secondary N) is 1. The molecule has 0 fully saturated rings. The highest BCUT2D eigenvalue weighted by molar-refractivity contribution is 7.89. The summed E-state index contributed by atoms with van der Waals surface area (Å²) in [6.07, 6.45) is 0. The second kappa shape index (κ2) is 5.69. The summed E-state index contributed by atoms with van der Waals surface area (Å²) in [5.41, 5.74) is 0. The number of hydrogen-bond acceptors (Lipinski definition) is 3. The molecule has 0 heterocycles. The van der Waals surface area contributed by atoms with Gasteiger partial charge in [0.2, 0.25) is 10.0 Å². The van der Waals surface area contributed by atoms with Crippen LogP contribution in [-0.2, 0) is 14.8 Å². The first kappa shape index (κ1) is 14.9. The smallest absolute Gasteiger partial charge is 0.307 e. The van der Waals surface area contributed by atoms with Crippen LogP contribution in [0.25, 0.3) is 0 Å². The van der Waals surface area contributed by atoms with E-state index < -0.39 is 28.0 Å². The second-order valence-electron chi connectivity index (χ2n) is 3.99. The van der Waals surface area contributed by atoms with Gasteiger partial charge in [0.1, 0.15) is 0 Å². The Balaban J connectivity index is 2.89. The predicted octanol–water partition coefficient (Wildman–Crippen LogP) is 1.73. The average molecular weight is 292 g/mol. The number of hydrogen-bond donors (Lipinski definition) is 2. The van der Waals surface area contributed by atoms with Crippen LogP contribution in [0, 0.1) is 5.92 Å². The molecule has 5 nitrogen and oxygen atoms in total. The Kier molecular flexibility index (Phi) is 4.72. The van der Waals surface area contributed by atoms with Gasteiger partial charge in [0.25, 0.3) is 0 Å². The van der Waals surface area contributed by atoms with Crippen LogP contribution in [0.1, 0.15) is 13.8 Å². The largest absolute Gasteiger partial charge is 0.481 e. The fourth-order valence-corrected chi connectivity index (χ4v) is 2.69. The molecule has 1 aromatic carbocycles. The van der Waals surface area contributed by atoms with Crippen molar-refractivity contribution in [3.05, 3.63) is 29.3 Å². The summed E-state index contributed by atoms with van der Waals surface area (Å²) in [5, 5.41) is 9.24. The quantitative estimate of drug-likeness (QED) is 0.865. The third-order valence-electron chi connectivity index (χ3n) is 2.60. The van der Waals surface area contributed by atoms with E-state index in [4.69, 9.17) is 16.7 Å². The molecule has 0 radical (unpaired) electrons. The molecule has 0 saturated carbocycles. The van der Waals surface area contributed by atoms with Gasteiger partial charge in [0, 0.05) is 11.1 Å². The van der Waals surface area contributed by atoms with E-state index in [2.05, 4.69) is 4.72 Å². The first-order valence-corrected chi connectivity index (χ1v) is 7.11. The van der Waals surface area contributed by atoms with Gasteiger partial charge in [0.15, 0.2) is 0 Å². The fourth-order valence-electron chi connectivity index (χ4n) is 1.24. The Morgan fingerprint density at radius 2 is 1.78 bits per heavy atom. The van der Waals surface area contributed by atoms with Gasteiger partial charge >= 0.3 is 5.97 Å². The van der Waals surface area contributed by atoms with Crippen molar-refractivity contribution < 1.29 is 18.3 Å². The third kappa shape index (κ3) is 3.69. The molecule has 2 unspecified atom stereocenters. The first-order chi connectivity index (χ1) is 8.24. The van der Waals surface area contributed by atoms with E-state index in [0.29, 0.717) is 5.02 Å². The summed E-state index contributed by atoms with van der Waals surface area (Å²) in [4.78, 5) is 10.8. The lowest BCUT2D eigenvalue weighted by Crippen LogP contribution is -2.39. The molecule has 1 rings (SSSR count). The van der Waals surface area contributed by atoms with Gasteiger partial charge in [0.05, 0.1) is 10.8 Å². The monoisotopic (exact) mass is 291 g/mol. The van der Waals surface area contributed by atoms with Crippen LogP contribution in [0.2, 0.25) is 5.02 Å². The standard InChI is InChI=1S/C11H14ClNO4S/c1-7(11(14)15)8(2)13-18(16,17)10-5-3-9(12)4-6-10/h3-8,13H,1-2H3,(H,14,15). The molecule has 7 heteroatoms. The number of halogens is 1. The maximum absolute atomic E-state index is 11.9. The van der Waals surface area contributed by atoms with Gasteiger partial charge in [-0.25, -0.2) is 13.1 Å². The van der Waals surface area contributed by atoms with E-state index in [0.717, 1.165) is 0 Å². The van der Waals surface area contributed by atoms with Crippen LogP contribution < -0.4 is 4.72 Å². The van der Waals surface area contributed by atoms with Crippen molar-refractivity contribution in [2.24, 2.45) is 5.92 Å². The highest BCUT2D eigenvalue weighted by Crippen LogP contribution is 2.15. The van der Waals surface area contributed by atoms with Gasteiger partial charge in [-0.05, 0) is 31.2 Å². The maximum Gasteiger partial charge on any atom is 0.307 e. The minimum atomic E-state index is -3.73. The number of rotatable bonds is 5. The van der Waals surface area contributed by atoms with Crippen molar-refractivity contribution in [2.75, 3.05) is 0 Å². The Bertz CT molecular complexity index is 526. The summed E-state index contributed by atoms with van der Waals surface area (Å²) >= 11 is 5.67. The Morgan fingerprint density at radius 3 is 2.22 bits per heavy atom. The zero-order chi connectivity index (χ0) is 13.9. The number of sulfonamides is 1. The second-order valence-corrected chi connectivity index (χ2v) is 6.14. The lowest BCUT2D eigenvalue weighted by Gasteiger charge is -2.17. The molecule has 1 aromatic rings. The molecule has 2 N–H and O–H groups in total. The van der Waals surface area contributed by atoms with Crippen molar-refractivity contribution in [1.82, 2.24) is 4.72 Å². The fraction of sp³-hybridized carbons (Fsp3) is 0.364. The van der Waals surface area contributed by atoms with Gasteiger partial charge in [-0.1, -0.05) is 18.5 Å². The van der Waals surface area contributed by atoms with Crippen LogP contribution in [-0.4, -0.2) is 25.5 Å². The normalized spacial score (nSPS) is 15.1. The van der Waals surface area contributed by atoms with Crippen molar-refractivity contribution in [3.63, 3.8) is 0 Å². The molecule has 0 amide bonds. The summed E-state index contributed by atoms with van der Waals surface area (Å²) in [7, 11) is -3.73. The average Bonchev–Trinajstić information content (AvgIpc) is 2.27. The van der Waals surface area contributed by atoms with Crippen LogP contribution in [0.4, 0.5) is 0 Å². The lowest BCUT2D eigenvalue weighted by atomic mass is 10.1. The van der Waals surface area contributed by atoms with Gasteiger partial charge in [-0.2, -0.15) is 0 Å². The topological polar surface area (TPSA) is 83.5 Å². The van der Waals surface area contributed by atoms with Gasteiger partial charge in [-0.3, -0.25) is 4.79 Å². The van der Waals surface area contributed by atoms with Gasteiger partial charge in [-0.15, -0.1) is 0 Å². The van der Waals surface area contributed by atoms with Crippen LogP contribution >= 0.6 is 11.6 Å². The molecular weight excluding hydrogens is 278 g/mol. The number of benzene rings is 1. The lowest BCUT2D eigenvalue weighted by molar-refractivity contribution is -0.141. The molecular formula is C11H14ClNO4S. The molecule has 18 heavy (non-hydrogen) atoms. The van der Waals surface area contributed by atoms with Crippen molar-refractivity contribution in [3.8, 4) is 0 Å². The molecule has 0 saturated heterocycles. The molecule has 0 aliphatic carbocycles.